The number of aliphatic hydroxyl groups excluding tert-OH is 2. The molecule has 2 unspecified atom stereocenters. The van der Waals surface area contributed by atoms with Gasteiger partial charge in [-0.2, -0.15) is 0 Å². The van der Waals surface area contributed by atoms with E-state index in [9.17, 15) is 15.0 Å². The Balaban J connectivity index is 1.78. The van der Waals surface area contributed by atoms with Crippen molar-refractivity contribution in [1.29, 1.82) is 0 Å². The van der Waals surface area contributed by atoms with Gasteiger partial charge in [-0.25, -0.2) is 0 Å². The van der Waals surface area contributed by atoms with Crippen LogP contribution < -0.4 is 0 Å². The molecule has 4 heteroatoms. The van der Waals surface area contributed by atoms with Gasteiger partial charge in [-0.3, -0.25) is 4.79 Å². The number of rotatable bonds is 0. The highest BCUT2D eigenvalue weighted by molar-refractivity contribution is 5.85. The molecule has 0 aromatic heterocycles. The van der Waals surface area contributed by atoms with E-state index in [2.05, 4.69) is 18.7 Å². The lowest BCUT2D eigenvalue weighted by atomic mass is 9.56. The van der Waals surface area contributed by atoms with Crippen molar-refractivity contribution in [2.24, 2.45) is 29.1 Å². The van der Waals surface area contributed by atoms with E-state index >= 15 is 0 Å². The van der Waals surface area contributed by atoms with Gasteiger partial charge < -0.3 is 15.1 Å². The molecule has 5 rings (SSSR count). The van der Waals surface area contributed by atoms with E-state index in [0.717, 1.165) is 49.8 Å². The Labute approximate surface area is 137 Å². The summed E-state index contributed by atoms with van der Waals surface area (Å²) in [7, 11) is 0. The average molecular weight is 317 g/mol. The summed E-state index contributed by atoms with van der Waals surface area (Å²) in [6, 6.07) is 0.235. The number of aliphatic hydroxyl groups is 2. The van der Waals surface area contributed by atoms with Gasteiger partial charge in [-0.05, 0) is 61.0 Å². The number of hydrogen-bond donors (Lipinski definition) is 2. The van der Waals surface area contributed by atoms with Gasteiger partial charge in [0.25, 0.3) is 0 Å². The number of carbonyl (C=O) groups is 1. The van der Waals surface area contributed by atoms with Crippen LogP contribution in [0.15, 0.2) is 11.1 Å². The zero-order valence-corrected chi connectivity index (χ0v) is 14.0. The lowest BCUT2D eigenvalue weighted by Crippen LogP contribution is -2.58. The van der Waals surface area contributed by atoms with Crippen LogP contribution >= 0.6 is 0 Å². The molecule has 1 amide bonds. The Morgan fingerprint density at radius 3 is 2.70 bits per heavy atom. The van der Waals surface area contributed by atoms with Crippen LogP contribution in [-0.2, 0) is 4.79 Å². The van der Waals surface area contributed by atoms with Crippen LogP contribution in [0.1, 0.15) is 46.0 Å². The fourth-order valence-electron chi connectivity index (χ4n) is 6.95. The maximum atomic E-state index is 13.1. The largest absolute Gasteiger partial charge is 0.389 e. The molecule has 2 saturated carbocycles. The zero-order chi connectivity index (χ0) is 16.1. The lowest BCUT2D eigenvalue weighted by molar-refractivity contribution is -0.135. The summed E-state index contributed by atoms with van der Waals surface area (Å²) in [6.45, 7) is 5.18. The van der Waals surface area contributed by atoms with Crippen molar-refractivity contribution in [3.8, 4) is 0 Å². The first-order chi connectivity index (χ1) is 10.9. The third-order valence-corrected chi connectivity index (χ3v) is 8.07. The lowest BCUT2D eigenvalue weighted by Gasteiger charge is -2.54. The van der Waals surface area contributed by atoms with Gasteiger partial charge in [0, 0.05) is 23.9 Å². The summed E-state index contributed by atoms with van der Waals surface area (Å²) in [5, 5.41) is 21.9. The third-order valence-electron chi connectivity index (χ3n) is 8.07. The van der Waals surface area contributed by atoms with Crippen LogP contribution in [-0.4, -0.2) is 45.8 Å². The first-order valence-electron chi connectivity index (χ1n) is 9.35. The predicted octanol–water partition coefficient (Wildman–Crippen LogP) is 1.71. The molecule has 0 aromatic rings. The van der Waals surface area contributed by atoms with Crippen molar-refractivity contribution >= 4 is 5.91 Å². The van der Waals surface area contributed by atoms with Crippen LogP contribution in [0.2, 0.25) is 0 Å². The Hall–Kier alpha value is -0.870. The highest BCUT2D eigenvalue weighted by atomic mass is 16.3. The Morgan fingerprint density at radius 1 is 1.17 bits per heavy atom. The Kier molecular flexibility index (Phi) is 2.77. The quantitative estimate of drug-likeness (QED) is 0.669. The monoisotopic (exact) mass is 317 g/mol. The minimum atomic E-state index is -0.467. The maximum absolute atomic E-state index is 13.1. The van der Waals surface area contributed by atoms with E-state index in [1.54, 1.807) is 0 Å². The topological polar surface area (TPSA) is 60.8 Å². The molecule has 8 atom stereocenters. The molecule has 0 spiro atoms. The minimum Gasteiger partial charge on any atom is -0.389 e. The van der Waals surface area contributed by atoms with Gasteiger partial charge in [-0.15, -0.1) is 0 Å². The predicted molar refractivity (Wildman–Crippen MR) is 85.4 cm³/mol. The van der Waals surface area contributed by atoms with Crippen molar-refractivity contribution in [3.63, 3.8) is 0 Å². The van der Waals surface area contributed by atoms with Crippen LogP contribution in [0, 0.1) is 29.1 Å². The summed E-state index contributed by atoms with van der Waals surface area (Å²) in [5.74, 6) is 1.27. The fraction of sp³-hybridized carbons (Fsp3) is 0.842. The van der Waals surface area contributed by atoms with Crippen molar-refractivity contribution in [3.05, 3.63) is 11.1 Å². The molecule has 4 nitrogen and oxygen atoms in total. The molecule has 126 valence electrons. The van der Waals surface area contributed by atoms with E-state index < -0.39 is 12.2 Å². The summed E-state index contributed by atoms with van der Waals surface area (Å²) in [4.78, 5) is 15.2. The molecular weight excluding hydrogens is 290 g/mol. The van der Waals surface area contributed by atoms with Crippen LogP contribution in [0.5, 0.6) is 0 Å². The number of amides is 1. The van der Waals surface area contributed by atoms with Gasteiger partial charge in [-0.1, -0.05) is 13.8 Å². The van der Waals surface area contributed by atoms with Crippen molar-refractivity contribution in [2.75, 3.05) is 6.54 Å². The van der Waals surface area contributed by atoms with Crippen molar-refractivity contribution < 1.29 is 15.0 Å². The molecule has 2 heterocycles. The number of nitrogens with zero attached hydrogens (tertiary/aromatic N) is 1. The molecule has 23 heavy (non-hydrogen) atoms. The Bertz CT molecular complexity index is 614. The molecule has 2 aliphatic heterocycles. The second-order valence-electron chi connectivity index (χ2n) is 8.90. The first kappa shape index (κ1) is 14.5. The molecule has 2 N–H and O–H groups in total. The van der Waals surface area contributed by atoms with Crippen LogP contribution in [0.25, 0.3) is 0 Å². The summed E-state index contributed by atoms with van der Waals surface area (Å²) in [6.07, 6.45) is 3.80. The molecule has 2 saturated heterocycles. The number of carbonyl (C=O) groups excluding carboxylic acids is 1. The molecular formula is C19H27NO3. The van der Waals surface area contributed by atoms with Gasteiger partial charge in [0.1, 0.15) is 0 Å². The number of piperidine rings is 1. The van der Waals surface area contributed by atoms with Gasteiger partial charge in [0.05, 0.1) is 12.2 Å². The molecule has 3 aliphatic carbocycles. The summed E-state index contributed by atoms with van der Waals surface area (Å²) < 4.78 is 0. The molecule has 2 bridgehead atoms. The fourth-order valence-corrected chi connectivity index (χ4v) is 6.95. The third kappa shape index (κ3) is 1.53. The normalized spacial score (nSPS) is 54.3. The maximum Gasteiger partial charge on any atom is 0.226 e. The highest BCUT2D eigenvalue weighted by Crippen LogP contribution is 2.63. The van der Waals surface area contributed by atoms with Crippen LogP contribution in [0.3, 0.4) is 0 Å². The van der Waals surface area contributed by atoms with E-state index in [1.165, 1.54) is 0 Å². The van der Waals surface area contributed by atoms with E-state index in [0.29, 0.717) is 17.7 Å². The minimum absolute atomic E-state index is 0.00806. The Morgan fingerprint density at radius 2 is 1.91 bits per heavy atom. The van der Waals surface area contributed by atoms with Gasteiger partial charge >= 0.3 is 0 Å². The second-order valence-corrected chi connectivity index (χ2v) is 8.90. The second kappa shape index (κ2) is 4.40. The van der Waals surface area contributed by atoms with Crippen molar-refractivity contribution in [2.45, 2.75) is 64.2 Å². The standard InChI is InChI=1S/C19H27NO3/c1-9-8-20-14-7-11(9)17(22)16-15-10(4-6-13(15)21)3-5-12(18(20)23)19(14,16)2/h9-14,17,21-22H,3-8H2,1-2H3/t9-,10+,11?,12-,13+,14?,17-,19-/m1/s1. The van der Waals surface area contributed by atoms with E-state index in [-0.39, 0.29) is 23.3 Å². The molecule has 0 aromatic carbocycles. The average Bonchev–Trinajstić information content (AvgIpc) is 2.91. The van der Waals surface area contributed by atoms with Crippen molar-refractivity contribution in [1.82, 2.24) is 4.90 Å². The SMILES string of the molecule is C[C@@H]1CN2C(=O)[C@H]3CC[C@H]4CC[C@H](O)C4=C4[C@H](O)C1CC2[C@]43C. The smallest absolute Gasteiger partial charge is 0.226 e. The van der Waals surface area contributed by atoms with E-state index in [4.69, 9.17) is 0 Å². The molecule has 0 radical (unpaired) electrons. The molecule has 4 fully saturated rings. The first-order valence-corrected chi connectivity index (χ1v) is 9.35. The van der Waals surface area contributed by atoms with E-state index in [1.807, 2.05) is 0 Å². The highest BCUT2D eigenvalue weighted by Gasteiger charge is 2.66. The van der Waals surface area contributed by atoms with Crippen LogP contribution in [0.4, 0.5) is 0 Å². The summed E-state index contributed by atoms with van der Waals surface area (Å²) >= 11 is 0. The summed E-state index contributed by atoms with van der Waals surface area (Å²) in [5.41, 5.74) is 1.95. The van der Waals surface area contributed by atoms with Gasteiger partial charge in [0.15, 0.2) is 0 Å². The van der Waals surface area contributed by atoms with Gasteiger partial charge in [0.2, 0.25) is 5.91 Å². The molecule has 5 aliphatic rings. The zero-order valence-electron chi connectivity index (χ0n) is 14.0. The number of fused-ring (bicyclic) bond motifs is 2. The number of hydrogen-bond acceptors (Lipinski definition) is 3.